The Kier molecular flexibility index (Phi) is 4.47. The molecule has 0 saturated heterocycles. The lowest BCUT2D eigenvalue weighted by molar-refractivity contribution is 0.162. The van der Waals surface area contributed by atoms with E-state index in [-0.39, 0.29) is 44.5 Å². The fraction of sp³-hybridized carbons (Fsp3) is 0.421. The minimum absolute atomic E-state index is 0.0582. The first-order valence-corrected chi connectivity index (χ1v) is 10.3. The Morgan fingerprint density at radius 2 is 1.89 bits per heavy atom. The lowest BCUT2D eigenvalue weighted by Gasteiger charge is -2.21. The Morgan fingerprint density at radius 3 is 2.59 bits per heavy atom. The van der Waals surface area contributed by atoms with Gasteiger partial charge in [-0.05, 0) is 25.8 Å². The molecule has 1 saturated carbocycles. The zero-order valence-electron chi connectivity index (χ0n) is 15.1. The van der Waals surface area contributed by atoms with E-state index in [1.54, 1.807) is 13.0 Å². The summed E-state index contributed by atoms with van der Waals surface area (Å²) in [5.41, 5.74) is -0.429. The molecule has 0 N–H and O–H groups in total. The zero-order chi connectivity index (χ0) is 19.2. The molecular weight excluding hydrogens is 372 g/mol. The predicted molar refractivity (Wildman–Crippen MR) is 98.7 cm³/mol. The summed E-state index contributed by atoms with van der Waals surface area (Å²) in [6.45, 7) is 1.58. The second-order valence-electron chi connectivity index (χ2n) is 6.76. The van der Waals surface area contributed by atoms with Gasteiger partial charge in [0.2, 0.25) is 0 Å². The summed E-state index contributed by atoms with van der Waals surface area (Å²) in [4.78, 5) is 12.3. The summed E-state index contributed by atoms with van der Waals surface area (Å²) in [6.07, 6.45) is 5.24. The summed E-state index contributed by atoms with van der Waals surface area (Å²) >= 11 is 0. The highest BCUT2D eigenvalue weighted by atomic mass is 32.2. The van der Waals surface area contributed by atoms with E-state index in [4.69, 9.17) is 17.8 Å². The number of ether oxygens (including phenoxy) is 1. The van der Waals surface area contributed by atoms with E-state index in [1.165, 1.54) is 19.4 Å². The summed E-state index contributed by atoms with van der Waals surface area (Å²) < 4.78 is 48.3. The molecule has 0 amide bonds. The molecule has 1 aliphatic rings. The first-order chi connectivity index (χ1) is 12.9. The maximum atomic E-state index is 13.2. The molecule has 0 spiro atoms. The van der Waals surface area contributed by atoms with Crippen LogP contribution in [0.2, 0.25) is 0 Å². The monoisotopic (exact) mass is 392 g/mol. The van der Waals surface area contributed by atoms with Crippen LogP contribution in [0.4, 0.5) is 0 Å². The first-order valence-electron chi connectivity index (χ1n) is 8.87. The van der Waals surface area contributed by atoms with Gasteiger partial charge in [0.25, 0.3) is 0 Å². The highest BCUT2D eigenvalue weighted by molar-refractivity contribution is 7.87. The number of furan rings is 1. The van der Waals surface area contributed by atoms with Crippen molar-refractivity contribution in [3.63, 3.8) is 0 Å². The molecule has 0 radical (unpaired) electrons. The van der Waals surface area contributed by atoms with Crippen LogP contribution >= 0.6 is 0 Å². The highest BCUT2D eigenvalue weighted by Crippen LogP contribution is 2.41. The van der Waals surface area contributed by atoms with Crippen LogP contribution < -0.4 is 10.2 Å². The number of rotatable bonds is 4. The molecule has 4 rings (SSSR count). The molecular formula is C19H20O7S. The van der Waals surface area contributed by atoms with Gasteiger partial charge in [-0.2, -0.15) is 8.42 Å². The number of fused-ring (bicyclic) bond motifs is 2. The second-order valence-corrected chi connectivity index (χ2v) is 8.27. The number of benzene rings is 1. The number of hydrogen-bond donors (Lipinski definition) is 0. The van der Waals surface area contributed by atoms with Gasteiger partial charge >= 0.3 is 10.1 Å². The molecule has 0 aliphatic heterocycles. The van der Waals surface area contributed by atoms with Gasteiger partial charge in [0, 0.05) is 6.07 Å². The third-order valence-corrected chi connectivity index (χ3v) is 6.29. The highest BCUT2D eigenvalue weighted by Gasteiger charge is 2.33. The van der Waals surface area contributed by atoms with Crippen LogP contribution in [0.15, 0.2) is 36.9 Å². The van der Waals surface area contributed by atoms with Crippen molar-refractivity contribution in [3.05, 3.63) is 34.4 Å². The lowest BCUT2D eigenvalue weighted by Crippen LogP contribution is -2.22. The minimum Gasteiger partial charge on any atom is -0.495 e. The third kappa shape index (κ3) is 3.02. The van der Waals surface area contributed by atoms with Gasteiger partial charge in [-0.25, -0.2) is 0 Å². The lowest BCUT2D eigenvalue weighted by atomic mass is 9.98. The van der Waals surface area contributed by atoms with E-state index in [1.807, 2.05) is 0 Å². The van der Waals surface area contributed by atoms with Crippen molar-refractivity contribution in [2.45, 2.75) is 50.0 Å². The van der Waals surface area contributed by atoms with Crippen molar-refractivity contribution in [1.82, 2.24) is 0 Å². The molecule has 8 heteroatoms. The van der Waals surface area contributed by atoms with E-state index in [0.717, 1.165) is 19.3 Å². The molecule has 1 aromatic carbocycles. The molecule has 2 heterocycles. The molecule has 7 nitrogen and oxygen atoms in total. The molecule has 144 valence electrons. The molecule has 1 fully saturated rings. The van der Waals surface area contributed by atoms with Crippen molar-refractivity contribution in [1.29, 1.82) is 0 Å². The summed E-state index contributed by atoms with van der Waals surface area (Å²) in [5, 5.41) is 0.440. The normalized spacial score (nSPS) is 16.2. The van der Waals surface area contributed by atoms with Crippen molar-refractivity contribution in [2.75, 3.05) is 7.11 Å². The van der Waals surface area contributed by atoms with E-state index in [2.05, 4.69) is 0 Å². The van der Waals surface area contributed by atoms with Gasteiger partial charge in [-0.15, -0.1) is 0 Å². The van der Waals surface area contributed by atoms with Crippen LogP contribution in [-0.2, 0) is 14.3 Å². The Labute approximate surface area is 156 Å². The van der Waals surface area contributed by atoms with Gasteiger partial charge in [-0.1, -0.05) is 19.3 Å². The zero-order valence-corrected chi connectivity index (χ0v) is 15.9. The van der Waals surface area contributed by atoms with Crippen molar-refractivity contribution >= 4 is 32.1 Å². The van der Waals surface area contributed by atoms with Crippen LogP contribution in [-0.4, -0.2) is 21.6 Å². The van der Waals surface area contributed by atoms with Crippen LogP contribution in [0.25, 0.3) is 21.9 Å². The Morgan fingerprint density at radius 1 is 1.15 bits per heavy atom. The van der Waals surface area contributed by atoms with Crippen LogP contribution in [0.5, 0.6) is 5.75 Å². The Balaban J connectivity index is 2.03. The van der Waals surface area contributed by atoms with Crippen LogP contribution in [0, 0.1) is 6.92 Å². The van der Waals surface area contributed by atoms with Crippen molar-refractivity contribution in [3.8, 4) is 5.75 Å². The Hall–Kier alpha value is -2.32. The molecule has 3 aromatic rings. The van der Waals surface area contributed by atoms with Gasteiger partial charge in [0.15, 0.2) is 21.5 Å². The molecule has 0 atom stereocenters. The number of methoxy groups -OCH3 is 1. The maximum Gasteiger partial charge on any atom is 0.304 e. The van der Waals surface area contributed by atoms with Crippen molar-refractivity contribution in [2.24, 2.45) is 0 Å². The molecule has 0 bridgehead atoms. The van der Waals surface area contributed by atoms with Gasteiger partial charge < -0.3 is 13.6 Å². The maximum absolute atomic E-state index is 13.2. The van der Waals surface area contributed by atoms with Crippen LogP contribution in [0.3, 0.4) is 0 Å². The fourth-order valence-electron chi connectivity index (χ4n) is 3.71. The van der Waals surface area contributed by atoms with E-state index >= 15 is 0 Å². The molecule has 27 heavy (non-hydrogen) atoms. The largest absolute Gasteiger partial charge is 0.495 e. The number of hydrogen-bond acceptors (Lipinski definition) is 7. The summed E-state index contributed by atoms with van der Waals surface area (Å²) in [7, 11) is -2.81. The summed E-state index contributed by atoms with van der Waals surface area (Å²) in [5.74, 6) is 0.508. The molecule has 2 aromatic heterocycles. The van der Waals surface area contributed by atoms with Gasteiger partial charge in [0.05, 0.1) is 24.9 Å². The van der Waals surface area contributed by atoms with Gasteiger partial charge in [-0.3, -0.25) is 8.98 Å². The Bertz CT molecular complexity index is 1160. The average Bonchev–Trinajstić information content (AvgIpc) is 3.08. The number of aryl methyl sites for hydroxylation is 1. The predicted octanol–water partition coefficient (Wildman–Crippen LogP) is 3.89. The second kappa shape index (κ2) is 6.69. The quantitative estimate of drug-likeness (QED) is 0.621. The van der Waals surface area contributed by atoms with Gasteiger partial charge in [0.1, 0.15) is 16.9 Å². The van der Waals surface area contributed by atoms with Crippen LogP contribution in [0.1, 0.15) is 37.9 Å². The minimum atomic E-state index is -4.22. The average molecular weight is 392 g/mol. The first kappa shape index (κ1) is 18.1. The standard InChI is InChI=1S/C19H20O7S/c1-11-10-14(20)15-16(23-2)13-8-9-24-17(13)19(18(15)25-11)27(21,22)26-12-6-4-3-5-7-12/h8-10,12H,3-7H2,1-2H3. The summed E-state index contributed by atoms with van der Waals surface area (Å²) in [6, 6.07) is 2.86. The SMILES string of the molecule is COc1c2ccoc2c(S(=O)(=O)OC2CCCCC2)c2oc(C)cc(=O)c12. The van der Waals surface area contributed by atoms with Crippen molar-refractivity contribution < 1.29 is 26.2 Å². The molecule has 0 unspecified atom stereocenters. The topological polar surface area (TPSA) is 95.9 Å². The smallest absolute Gasteiger partial charge is 0.304 e. The molecule has 1 aliphatic carbocycles. The van der Waals surface area contributed by atoms with E-state index in [0.29, 0.717) is 18.2 Å². The van der Waals surface area contributed by atoms with E-state index < -0.39 is 10.1 Å². The fourth-order valence-corrected chi connectivity index (χ4v) is 5.12. The van der Waals surface area contributed by atoms with E-state index in [9.17, 15) is 13.2 Å². The third-order valence-electron chi connectivity index (χ3n) is 4.89.